The van der Waals surface area contributed by atoms with Crippen LogP contribution in [0.15, 0.2) is 0 Å². The van der Waals surface area contributed by atoms with Gasteiger partial charge in [0.2, 0.25) is 0 Å². The molecule has 0 spiro atoms. The van der Waals surface area contributed by atoms with Gasteiger partial charge in [0.05, 0.1) is 0 Å². The van der Waals surface area contributed by atoms with Crippen molar-refractivity contribution in [3.63, 3.8) is 0 Å². The average molecular weight is 231 g/mol. The smallest absolute Gasteiger partial charge is 0.134 e. The van der Waals surface area contributed by atoms with E-state index in [1.165, 1.54) is 32.1 Å². The highest BCUT2D eigenvalue weighted by molar-refractivity contribution is 9.10. The molecule has 12 heavy (non-hydrogen) atoms. The molecule has 2 fully saturated rings. The summed E-state index contributed by atoms with van der Waals surface area (Å²) in [5.74, 6) is 1.16. The minimum Gasteiger partial charge on any atom is -0.300 e. The van der Waals surface area contributed by atoms with Crippen LogP contribution in [0.1, 0.15) is 44.9 Å². The highest BCUT2D eigenvalue weighted by Gasteiger charge is 2.38. The molecule has 2 saturated carbocycles. The Balaban J connectivity index is 2.15. The first-order valence-electron chi connectivity index (χ1n) is 4.89. The maximum absolute atomic E-state index is 11.4. The van der Waals surface area contributed by atoms with Gasteiger partial charge in [-0.15, -0.1) is 0 Å². The number of rotatable bonds is 0. The lowest BCUT2D eigenvalue weighted by atomic mass is 9.80. The number of hydrogen-bond donors (Lipinski definition) is 0. The summed E-state index contributed by atoms with van der Waals surface area (Å²) in [6.45, 7) is 0. The fraction of sp³-hybridized carbons (Fsp3) is 0.900. The summed E-state index contributed by atoms with van der Waals surface area (Å²) in [5.41, 5.74) is 0. The van der Waals surface area contributed by atoms with Crippen LogP contribution in [0.4, 0.5) is 0 Å². The van der Waals surface area contributed by atoms with E-state index in [9.17, 15) is 4.79 Å². The number of carbonyl (C=O) groups is 1. The fourth-order valence-corrected chi connectivity index (χ4v) is 3.73. The fourth-order valence-electron chi connectivity index (χ4n) is 2.68. The summed E-state index contributed by atoms with van der Waals surface area (Å²) in [7, 11) is 0. The summed E-state index contributed by atoms with van der Waals surface area (Å²) >= 11 is 3.76. The molecule has 0 amide bonds. The number of Topliss-reactive ketones (excluding diaryl/α,β-unsaturated/α-hetero) is 1. The molecule has 0 heterocycles. The molecule has 0 aliphatic heterocycles. The van der Waals surface area contributed by atoms with E-state index in [4.69, 9.17) is 0 Å². The predicted octanol–water partition coefficient (Wildman–Crippen LogP) is 3.06. The van der Waals surface area contributed by atoms with Crippen molar-refractivity contribution >= 4 is 21.7 Å². The van der Waals surface area contributed by atoms with Gasteiger partial charge in [-0.25, -0.2) is 0 Å². The molecule has 0 N–H and O–H groups in total. The van der Waals surface area contributed by atoms with Gasteiger partial charge in [-0.2, -0.15) is 0 Å². The molecule has 0 aromatic heterocycles. The number of ketones is 1. The Morgan fingerprint density at radius 1 is 1.42 bits per heavy atom. The maximum Gasteiger partial charge on any atom is 0.134 e. The van der Waals surface area contributed by atoms with Gasteiger partial charge >= 0.3 is 0 Å². The topological polar surface area (TPSA) is 17.1 Å². The molecule has 2 rings (SSSR count). The molecule has 2 heteroatoms. The normalized spacial score (nSPS) is 42.4. The zero-order chi connectivity index (χ0) is 8.60. The van der Waals surface area contributed by atoms with Crippen molar-refractivity contribution in [1.29, 1.82) is 0 Å². The van der Waals surface area contributed by atoms with Crippen molar-refractivity contribution in [2.45, 2.75) is 49.3 Å². The Morgan fingerprint density at radius 2 is 2.25 bits per heavy atom. The van der Waals surface area contributed by atoms with E-state index in [2.05, 4.69) is 15.9 Å². The van der Waals surface area contributed by atoms with Crippen LogP contribution in [-0.4, -0.2) is 10.1 Å². The third-order valence-corrected chi connectivity index (χ3v) is 4.17. The van der Waals surface area contributed by atoms with Gasteiger partial charge in [-0.1, -0.05) is 28.8 Å². The van der Waals surface area contributed by atoms with Gasteiger partial charge in [0.15, 0.2) is 0 Å². The second-order valence-electron chi connectivity index (χ2n) is 4.39. The maximum atomic E-state index is 11.4. The zero-order valence-electron chi connectivity index (χ0n) is 7.31. The second kappa shape index (κ2) is 3.13. The summed E-state index contributed by atoms with van der Waals surface area (Å²) in [6, 6.07) is 0. The molecule has 0 aromatic carbocycles. The van der Waals surface area contributed by atoms with Gasteiger partial charge < -0.3 is 0 Å². The first-order valence-corrected chi connectivity index (χ1v) is 5.68. The zero-order valence-corrected chi connectivity index (χ0v) is 8.90. The molecule has 2 bridgehead atoms. The first-order chi connectivity index (χ1) is 5.68. The molecular formula is C10H15BrO. The molecule has 2 atom stereocenters. The molecule has 2 aliphatic carbocycles. The van der Waals surface area contributed by atoms with Crippen molar-refractivity contribution in [2.24, 2.45) is 5.92 Å². The SMILES string of the molecule is O=C1C[C@@H]2CCCC[C@](Br)(C1)C2. The number of alkyl halides is 1. The largest absolute Gasteiger partial charge is 0.300 e. The van der Waals surface area contributed by atoms with E-state index in [1.54, 1.807) is 0 Å². The van der Waals surface area contributed by atoms with Gasteiger partial charge in [0.1, 0.15) is 5.78 Å². The van der Waals surface area contributed by atoms with E-state index in [1.807, 2.05) is 0 Å². The lowest BCUT2D eigenvalue weighted by molar-refractivity contribution is -0.122. The lowest BCUT2D eigenvalue weighted by Gasteiger charge is -2.33. The average Bonchev–Trinajstić information content (AvgIpc) is 2.07. The third kappa shape index (κ3) is 1.73. The molecule has 0 aromatic rings. The molecule has 2 aliphatic rings. The summed E-state index contributed by atoms with van der Waals surface area (Å²) in [5, 5.41) is 0. The van der Waals surface area contributed by atoms with E-state index >= 15 is 0 Å². The van der Waals surface area contributed by atoms with Gasteiger partial charge in [0.25, 0.3) is 0 Å². The number of carbonyl (C=O) groups excluding carboxylic acids is 1. The Kier molecular flexibility index (Phi) is 2.28. The molecule has 68 valence electrons. The summed E-state index contributed by atoms with van der Waals surface area (Å²) in [6.07, 6.45) is 7.98. The van der Waals surface area contributed by atoms with Crippen LogP contribution in [-0.2, 0) is 4.79 Å². The Morgan fingerprint density at radius 3 is 3.08 bits per heavy atom. The summed E-state index contributed by atoms with van der Waals surface area (Å²) < 4.78 is 0.198. The Labute approximate surface area is 82.0 Å². The van der Waals surface area contributed by atoms with Gasteiger partial charge in [-0.05, 0) is 25.2 Å². The minimum atomic E-state index is 0.198. The van der Waals surface area contributed by atoms with Crippen LogP contribution in [0.3, 0.4) is 0 Å². The quantitative estimate of drug-likeness (QED) is 0.585. The molecule has 0 saturated heterocycles. The Hall–Kier alpha value is 0.150. The highest BCUT2D eigenvalue weighted by Crippen LogP contribution is 2.45. The van der Waals surface area contributed by atoms with Crippen molar-refractivity contribution < 1.29 is 4.79 Å². The van der Waals surface area contributed by atoms with Crippen LogP contribution in [0, 0.1) is 5.92 Å². The number of hydrogen-bond acceptors (Lipinski definition) is 1. The van der Waals surface area contributed by atoms with E-state index in [0.717, 1.165) is 12.8 Å². The number of halogens is 1. The van der Waals surface area contributed by atoms with Crippen LogP contribution in [0.25, 0.3) is 0 Å². The minimum absolute atomic E-state index is 0.198. The van der Waals surface area contributed by atoms with Gasteiger partial charge in [-0.3, -0.25) is 4.79 Å². The predicted molar refractivity (Wildman–Crippen MR) is 52.5 cm³/mol. The molecule has 0 radical (unpaired) electrons. The second-order valence-corrected chi connectivity index (χ2v) is 6.07. The lowest BCUT2D eigenvalue weighted by Crippen LogP contribution is -2.32. The van der Waals surface area contributed by atoms with Crippen LogP contribution >= 0.6 is 15.9 Å². The van der Waals surface area contributed by atoms with Crippen LogP contribution < -0.4 is 0 Å². The highest BCUT2D eigenvalue weighted by atomic mass is 79.9. The van der Waals surface area contributed by atoms with Crippen molar-refractivity contribution in [2.75, 3.05) is 0 Å². The van der Waals surface area contributed by atoms with Gasteiger partial charge in [0, 0.05) is 17.2 Å². The first kappa shape index (κ1) is 8.74. The third-order valence-electron chi connectivity index (χ3n) is 3.17. The van der Waals surface area contributed by atoms with E-state index in [0.29, 0.717) is 11.7 Å². The Bertz CT molecular complexity index is 202. The van der Waals surface area contributed by atoms with Crippen LogP contribution in [0.5, 0.6) is 0 Å². The molecular weight excluding hydrogens is 216 g/mol. The van der Waals surface area contributed by atoms with Crippen molar-refractivity contribution in [3.8, 4) is 0 Å². The monoisotopic (exact) mass is 230 g/mol. The van der Waals surface area contributed by atoms with Crippen LogP contribution in [0.2, 0.25) is 0 Å². The van der Waals surface area contributed by atoms with Crippen molar-refractivity contribution in [3.05, 3.63) is 0 Å². The standard InChI is InChI=1S/C10H15BrO/c11-10-4-2-1-3-8(6-10)5-9(12)7-10/h8H,1-7H2/t8-,10+/m0/s1. The number of fused-ring (bicyclic) bond motifs is 2. The van der Waals surface area contributed by atoms with Crippen molar-refractivity contribution in [1.82, 2.24) is 0 Å². The molecule has 0 unspecified atom stereocenters. The molecule has 1 nitrogen and oxygen atoms in total. The van der Waals surface area contributed by atoms with E-state index < -0.39 is 0 Å². The summed E-state index contributed by atoms with van der Waals surface area (Å²) in [4.78, 5) is 11.4. The van der Waals surface area contributed by atoms with E-state index in [-0.39, 0.29) is 4.32 Å².